The smallest absolute Gasteiger partial charge is 0.122 e. The molecular formula is C17H29NO. The van der Waals surface area contributed by atoms with Gasteiger partial charge >= 0.3 is 0 Å². The van der Waals surface area contributed by atoms with E-state index in [1.54, 1.807) is 0 Å². The van der Waals surface area contributed by atoms with E-state index in [0.717, 1.165) is 18.9 Å². The van der Waals surface area contributed by atoms with Crippen molar-refractivity contribution in [1.82, 2.24) is 5.32 Å². The van der Waals surface area contributed by atoms with Crippen molar-refractivity contribution in [3.63, 3.8) is 0 Å². The van der Waals surface area contributed by atoms with Crippen LogP contribution >= 0.6 is 0 Å². The normalized spacial score (nSPS) is 12.7. The lowest BCUT2D eigenvalue weighted by molar-refractivity contribution is 0.239. The lowest BCUT2D eigenvalue weighted by Crippen LogP contribution is -2.17. The Hall–Kier alpha value is -1.02. The van der Waals surface area contributed by atoms with Gasteiger partial charge in [0.1, 0.15) is 5.75 Å². The van der Waals surface area contributed by atoms with E-state index < -0.39 is 0 Å². The van der Waals surface area contributed by atoms with Gasteiger partial charge in [0.15, 0.2) is 0 Å². The summed E-state index contributed by atoms with van der Waals surface area (Å²) in [4.78, 5) is 0. The summed E-state index contributed by atoms with van der Waals surface area (Å²) in [7, 11) is 0. The average Bonchev–Trinajstić information content (AvgIpc) is 2.41. The van der Waals surface area contributed by atoms with Gasteiger partial charge in [0, 0.05) is 6.04 Å². The van der Waals surface area contributed by atoms with Crippen molar-refractivity contribution >= 4 is 0 Å². The van der Waals surface area contributed by atoms with Crippen molar-refractivity contribution in [2.24, 2.45) is 5.92 Å². The number of ether oxygens (including phenoxy) is 1. The van der Waals surface area contributed by atoms with Gasteiger partial charge in [-0.2, -0.15) is 0 Å². The minimum atomic E-state index is 0.400. The van der Waals surface area contributed by atoms with E-state index in [-0.39, 0.29) is 0 Å². The topological polar surface area (TPSA) is 21.3 Å². The highest BCUT2D eigenvalue weighted by Crippen LogP contribution is 2.23. The largest absolute Gasteiger partial charge is 0.493 e. The Labute approximate surface area is 118 Å². The molecule has 0 spiro atoms. The van der Waals surface area contributed by atoms with E-state index >= 15 is 0 Å². The number of hydrogen-bond acceptors (Lipinski definition) is 2. The monoisotopic (exact) mass is 263 g/mol. The molecule has 0 saturated carbocycles. The molecule has 0 aliphatic rings. The molecule has 0 aromatic heterocycles. The Kier molecular flexibility index (Phi) is 6.93. The van der Waals surface area contributed by atoms with Gasteiger partial charge in [0.2, 0.25) is 0 Å². The van der Waals surface area contributed by atoms with E-state index in [2.05, 4.69) is 58.1 Å². The first-order valence-electron chi connectivity index (χ1n) is 7.59. The fourth-order valence-corrected chi connectivity index (χ4v) is 2.26. The number of benzene rings is 1. The molecule has 1 N–H and O–H groups in total. The molecule has 1 aromatic carbocycles. The summed E-state index contributed by atoms with van der Waals surface area (Å²) >= 11 is 0. The molecule has 0 saturated heterocycles. The van der Waals surface area contributed by atoms with Gasteiger partial charge in [-0.1, -0.05) is 45.7 Å². The van der Waals surface area contributed by atoms with Gasteiger partial charge in [-0.15, -0.1) is 0 Å². The standard InChI is InChI=1S/C17H29NO/c1-6-15(7-2)12-19-17-10-9-16(11-13(17)4)14(5)18-8-3/h9-11,14-15,18H,6-8,12H2,1-5H3. The van der Waals surface area contributed by atoms with E-state index in [4.69, 9.17) is 4.74 Å². The van der Waals surface area contributed by atoms with Gasteiger partial charge in [0.05, 0.1) is 6.61 Å². The third-order valence-electron chi connectivity index (χ3n) is 3.84. The molecule has 1 atom stereocenters. The second-order valence-electron chi connectivity index (χ2n) is 5.30. The Balaban J connectivity index is 2.66. The summed E-state index contributed by atoms with van der Waals surface area (Å²) in [5, 5.41) is 3.44. The molecule has 108 valence electrons. The zero-order valence-electron chi connectivity index (χ0n) is 13.1. The van der Waals surface area contributed by atoms with Crippen LogP contribution in [0.25, 0.3) is 0 Å². The first-order chi connectivity index (χ1) is 9.12. The Bertz CT molecular complexity index is 372. The van der Waals surface area contributed by atoms with Crippen LogP contribution in [-0.4, -0.2) is 13.2 Å². The molecule has 0 radical (unpaired) electrons. The fourth-order valence-electron chi connectivity index (χ4n) is 2.26. The summed E-state index contributed by atoms with van der Waals surface area (Å²) in [6, 6.07) is 6.91. The van der Waals surface area contributed by atoms with Crippen LogP contribution in [0.15, 0.2) is 18.2 Å². The Morgan fingerprint density at radius 3 is 2.37 bits per heavy atom. The van der Waals surface area contributed by atoms with E-state index in [1.807, 2.05) is 0 Å². The molecule has 0 aliphatic heterocycles. The number of rotatable bonds is 8. The molecule has 1 rings (SSSR count). The first kappa shape index (κ1) is 16.0. The number of aryl methyl sites for hydroxylation is 1. The van der Waals surface area contributed by atoms with Gasteiger partial charge in [-0.05, 0) is 43.5 Å². The molecule has 19 heavy (non-hydrogen) atoms. The maximum atomic E-state index is 5.96. The van der Waals surface area contributed by atoms with Crippen LogP contribution in [0.3, 0.4) is 0 Å². The van der Waals surface area contributed by atoms with Crippen LogP contribution < -0.4 is 10.1 Å². The minimum Gasteiger partial charge on any atom is -0.493 e. The molecule has 2 heteroatoms. The Morgan fingerprint density at radius 2 is 1.84 bits per heavy atom. The molecule has 0 fully saturated rings. The van der Waals surface area contributed by atoms with Crippen molar-refractivity contribution in [1.29, 1.82) is 0 Å². The number of hydrogen-bond donors (Lipinski definition) is 1. The summed E-state index contributed by atoms with van der Waals surface area (Å²) in [5.41, 5.74) is 2.56. The van der Waals surface area contributed by atoms with Crippen LogP contribution in [0.1, 0.15) is 57.7 Å². The SMILES string of the molecule is CCNC(C)c1ccc(OCC(CC)CC)c(C)c1. The minimum absolute atomic E-state index is 0.400. The molecule has 1 aromatic rings. The van der Waals surface area contributed by atoms with Crippen LogP contribution in [0.5, 0.6) is 5.75 Å². The summed E-state index contributed by atoms with van der Waals surface area (Å²) in [6.45, 7) is 12.7. The second-order valence-corrected chi connectivity index (χ2v) is 5.30. The molecule has 1 unspecified atom stereocenters. The van der Waals surface area contributed by atoms with E-state index in [9.17, 15) is 0 Å². The molecule has 0 amide bonds. The maximum absolute atomic E-state index is 5.96. The average molecular weight is 263 g/mol. The van der Waals surface area contributed by atoms with Crippen LogP contribution in [0.4, 0.5) is 0 Å². The van der Waals surface area contributed by atoms with Crippen LogP contribution in [0, 0.1) is 12.8 Å². The van der Waals surface area contributed by atoms with Crippen molar-refractivity contribution in [3.05, 3.63) is 29.3 Å². The molecule has 0 bridgehead atoms. The number of nitrogens with one attached hydrogen (secondary N) is 1. The lowest BCUT2D eigenvalue weighted by atomic mass is 10.0. The third kappa shape index (κ3) is 4.87. The van der Waals surface area contributed by atoms with E-state index in [0.29, 0.717) is 12.0 Å². The Morgan fingerprint density at radius 1 is 1.16 bits per heavy atom. The van der Waals surface area contributed by atoms with Gasteiger partial charge < -0.3 is 10.1 Å². The van der Waals surface area contributed by atoms with Crippen molar-refractivity contribution in [2.75, 3.05) is 13.2 Å². The van der Waals surface area contributed by atoms with Crippen molar-refractivity contribution in [3.8, 4) is 5.75 Å². The van der Waals surface area contributed by atoms with Gasteiger partial charge in [-0.3, -0.25) is 0 Å². The lowest BCUT2D eigenvalue weighted by Gasteiger charge is -2.18. The highest BCUT2D eigenvalue weighted by Gasteiger charge is 2.09. The second kappa shape index (κ2) is 8.21. The molecule has 2 nitrogen and oxygen atoms in total. The summed E-state index contributed by atoms with van der Waals surface area (Å²) in [6.07, 6.45) is 2.37. The highest BCUT2D eigenvalue weighted by molar-refractivity contribution is 5.37. The quantitative estimate of drug-likeness (QED) is 0.746. The first-order valence-corrected chi connectivity index (χ1v) is 7.59. The van der Waals surface area contributed by atoms with Crippen molar-refractivity contribution < 1.29 is 4.74 Å². The van der Waals surface area contributed by atoms with Gasteiger partial charge in [-0.25, -0.2) is 0 Å². The summed E-state index contributed by atoms with van der Waals surface area (Å²) in [5.74, 6) is 1.69. The molecule has 0 heterocycles. The van der Waals surface area contributed by atoms with Crippen LogP contribution in [-0.2, 0) is 0 Å². The summed E-state index contributed by atoms with van der Waals surface area (Å²) < 4.78 is 5.96. The zero-order valence-corrected chi connectivity index (χ0v) is 13.1. The highest BCUT2D eigenvalue weighted by atomic mass is 16.5. The van der Waals surface area contributed by atoms with Gasteiger partial charge in [0.25, 0.3) is 0 Å². The fraction of sp³-hybridized carbons (Fsp3) is 0.647. The van der Waals surface area contributed by atoms with E-state index in [1.165, 1.54) is 24.0 Å². The van der Waals surface area contributed by atoms with Crippen molar-refractivity contribution in [2.45, 2.75) is 53.5 Å². The maximum Gasteiger partial charge on any atom is 0.122 e. The predicted octanol–water partition coefficient (Wildman–Crippen LogP) is 4.48. The third-order valence-corrected chi connectivity index (χ3v) is 3.84. The molecule has 0 aliphatic carbocycles. The zero-order chi connectivity index (χ0) is 14.3. The van der Waals surface area contributed by atoms with Crippen LogP contribution in [0.2, 0.25) is 0 Å². The molecular weight excluding hydrogens is 234 g/mol. The predicted molar refractivity (Wildman–Crippen MR) is 82.8 cm³/mol.